The SMILES string of the molecule is O=C(CN1CCCCC1Cn1cncn1)NCc1cccs1. The van der Waals surface area contributed by atoms with Crippen LogP contribution in [0.15, 0.2) is 30.2 Å². The number of carbonyl (C=O) groups excluding carboxylic acids is 1. The van der Waals surface area contributed by atoms with Gasteiger partial charge in [0.05, 0.1) is 19.6 Å². The summed E-state index contributed by atoms with van der Waals surface area (Å²) in [6, 6.07) is 4.41. The Morgan fingerprint density at radius 3 is 3.18 bits per heavy atom. The number of aromatic nitrogens is 3. The Morgan fingerprint density at radius 2 is 2.41 bits per heavy atom. The van der Waals surface area contributed by atoms with Crippen molar-refractivity contribution >= 4 is 17.2 Å². The van der Waals surface area contributed by atoms with Gasteiger partial charge in [-0.2, -0.15) is 5.10 Å². The first-order valence-electron chi connectivity index (χ1n) is 7.67. The van der Waals surface area contributed by atoms with E-state index in [9.17, 15) is 4.79 Å². The molecule has 1 amide bonds. The fourth-order valence-electron chi connectivity index (χ4n) is 2.86. The Hall–Kier alpha value is -1.73. The highest BCUT2D eigenvalue weighted by Crippen LogP contribution is 2.18. The molecule has 2 aromatic heterocycles. The molecule has 3 rings (SSSR count). The van der Waals surface area contributed by atoms with Gasteiger partial charge in [0.1, 0.15) is 12.7 Å². The predicted octanol–water partition coefficient (Wildman–Crippen LogP) is 1.51. The molecule has 1 atom stereocenters. The lowest BCUT2D eigenvalue weighted by Gasteiger charge is -2.34. The molecule has 6 nitrogen and oxygen atoms in total. The average molecular weight is 319 g/mol. The van der Waals surface area contributed by atoms with Crippen LogP contribution in [0.4, 0.5) is 0 Å². The molecule has 0 spiro atoms. The number of piperidine rings is 1. The zero-order chi connectivity index (χ0) is 15.2. The molecule has 2 aromatic rings. The Labute approximate surface area is 134 Å². The van der Waals surface area contributed by atoms with Crippen LogP contribution in [-0.4, -0.2) is 44.7 Å². The minimum Gasteiger partial charge on any atom is -0.350 e. The van der Waals surface area contributed by atoms with Crippen LogP contribution in [0.3, 0.4) is 0 Å². The van der Waals surface area contributed by atoms with Crippen molar-refractivity contribution in [1.29, 1.82) is 0 Å². The van der Waals surface area contributed by atoms with Crippen molar-refractivity contribution in [3.63, 3.8) is 0 Å². The maximum atomic E-state index is 12.2. The third kappa shape index (κ3) is 4.14. The van der Waals surface area contributed by atoms with E-state index < -0.39 is 0 Å². The van der Waals surface area contributed by atoms with Crippen molar-refractivity contribution in [2.75, 3.05) is 13.1 Å². The fraction of sp³-hybridized carbons (Fsp3) is 0.533. The van der Waals surface area contributed by atoms with Gasteiger partial charge < -0.3 is 5.32 Å². The zero-order valence-electron chi connectivity index (χ0n) is 12.5. The molecule has 0 bridgehead atoms. The van der Waals surface area contributed by atoms with Gasteiger partial charge in [0.25, 0.3) is 0 Å². The first-order chi connectivity index (χ1) is 10.8. The molecule has 3 heterocycles. The van der Waals surface area contributed by atoms with Crippen LogP contribution in [0.1, 0.15) is 24.1 Å². The van der Waals surface area contributed by atoms with Crippen molar-refractivity contribution < 1.29 is 4.79 Å². The van der Waals surface area contributed by atoms with Crippen molar-refractivity contribution in [3.05, 3.63) is 35.0 Å². The monoisotopic (exact) mass is 319 g/mol. The highest BCUT2D eigenvalue weighted by Gasteiger charge is 2.24. The summed E-state index contributed by atoms with van der Waals surface area (Å²) >= 11 is 1.67. The number of rotatable bonds is 6. The van der Waals surface area contributed by atoms with Gasteiger partial charge >= 0.3 is 0 Å². The second-order valence-corrected chi connectivity index (χ2v) is 6.63. The standard InChI is InChI=1S/C15H21N5OS/c21-15(17-8-14-5-3-7-22-14)10-19-6-2-1-4-13(19)9-20-12-16-11-18-20/h3,5,7,11-13H,1-2,4,6,8-10H2,(H,17,21). The normalized spacial score (nSPS) is 19.2. The lowest BCUT2D eigenvalue weighted by atomic mass is 10.0. The van der Waals surface area contributed by atoms with Crippen LogP contribution in [0.2, 0.25) is 0 Å². The number of nitrogens with zero attached hydrogens (tertiary/aromatic N) is 4. The molecule has 118 valence electrons. The Kier molecular flexibility index (Phi) is 5.18. The summed E-state index contributed by atoms with van der Waals surface area (Å²) in [6.07, 6.45) is 6.78. The third-order valence-corrected chi connectivity index (χ3v) is 4.88. The number of thiophene rings is 1. The van der Waals surface area contributed by atoms with E-state index in [1.807, 2.05) is 22.2 Å². The van der Waals surface area contributed by atoms with Crippen molar-refractivity contribution in [1.82, 2.24) is 25.0 Å². The predicted molar refractivity (Wildman–Crippen MR) is 85.4 cm³/mol. The summed E-state index contributed by atoms with van der Waals surface area (Å²) in [5, 5.41) is 9.21. The van der Waals surface area contributed by atoms with Crippen LogP contribution in [0.5, 0.6) is 0 Å². The summed E-state index contributed by atoms with van der Waals surface area (Å²) in [5.41, 5.74) is 0. The molecular formula is C15H21N5OS. The van der Waals surface area contributed by atoms with Gasteiger partial charge in [-0.15, -0.1) is 11.3 Å². The molecule has 1 saturated heterocycles. The van der Waals surface area contributed by atoms with Crippen molar-refractivity contribution in [3.8, 4) is 0 Å². The zero-order valence-corrected chi connectivity index (χ0v) is 13.3. The van der Waals surface area contributed by atoms with Gasteiger partial charge in [0, 0.05) is 10.9 Å². The Morgan fingerprint density at radius 1 is 1.45 bits per heavy atom. The molecule has 1 N–H and O–H groups in total. The fourth-order valence-corrected chi connectivity index (χ4v) is 3.50. The quantitative estimate of drug-likeness (QED) is 0.877. The molecular weight excluding hydrogens is 298 g/mol. The van der Waals surface area contributed by atoms with Gasteiger partial charge in [-0.1, -0.05) is 12.5 Å². The van der Waals surface area contributed by atoms with E-state index in [1.54, 1.807) is 24.0 Å². The number of hydrogen-bond donors (Lipinski definition) is 1. The second-order valence-electron chi connectivity index (χ2n) is 5.59. The van der Waals surface area contributed by atoms with E-state index in [2.05, 4.69) is 20.3 Å². The minimum absolute atomic E-state index is 0.0962. The molecule has 7 heteroatoms. The van der Waals surface area contributed by atoms with E-state index in [4.69, 9.17) is 0 Å². The summed E-state index contributed by atoms with van der Waals surface area (Å²) in [4.78, 5) is 19.6. The van der Waals surface area contributed by atoms with Gasteiger partial charge in [-0.05, 0) is 30.8 Å². The first-order valence-corrected chi connectivity index (χ1v) is 8.55. The van der Waals surface area contributed by atoms with Crippen molar-refractivity contribution in [2.24, 2.45) is 0 Å². The molecule has 0 radical (unpaired) electrons. The van der Waals surface area contributed by atoms with Gasteiger partial charge in [0.15, 0.2) is 0 Å². The number of hydrogen-bond acceptors (Lipinski definition) is 5. The summed E-state index contributed by atoms with van der Waals surface area (Å²) in [6.45, 7) is 2.87. The number of nitrogens with one attached hydrogen (secondary N) is 1. The number of likely N-dealkylation sites (tertiary alicyclic amines) is 1. The summed E-state index contributed by atoms with van der Waals surface area (Å²) in [7, 11) is 0. The van der Waals surface area contributed by atoms with Crippen molar-refractivity contribution in [2.45, 2.75) is 38.4 Å². The molecule has 1 aliphatic rings. The summed E-state index contributed by atoms with van der Waals surface area (Å²) in [5.74, 6) is 0.0962. The molecule has 0 aliphatic carbocycles. The minimum atomic E-state index is 0.0962. The first kappa shape index (κ1) is 15.2. The molecule has 1 aliphatic heterocycles. The maximum Gasteiger partial charge on any atom is 0.234 e. The van der Waals surface area contributed by atoms with Gasteiger partial charge in [0.2, 0.25) is 5.91 Å². The van der Waals surface area contributed by atoms with E-state index in [0.29, 0.717) is 19.1 Å². The van der Waals surface area contributed by atoms with E-state index in [1.165, 1.54) is 11.3 Å². The van der Waals surface area contributed by atoms with Crippen LogP contribution in [-0.2, 0) is 17.9 Å². The lowest BCUT2D eigenvalue weighted by molar-refractivity contribution is -0.123. The smallest absolute Gasteiger partial charge is 0.234 e. The van der Waals surface area contributed by atoms with Crippen LogP contribution < -0.4 is 5.32 Å². The lowest BCUT2D eigenvalue weighted by Crippen LogP contribution is -2.47. The van der Waals surface area contributed by atoms with Crippen LogP contribution in [0.25, 0.3) is 0 Å². The highest BCUT2D eigenvalue weighted by molar-refractivity contribution is 7.09. The molecule has 0 aromatic carbocycles. The second kappa shape index (κ2) is 7.51. The van der Waals surface area contributed by atoms with E-state index in [-0.39, 0.29) is 5.91 Å². The molecule has 0 saturated carbocycles. The highest BCUT2D eigenvalue weighted by atomic mass is 32.1. The Balaban J connectivity index is 1.51. The van der Waals surface area contributed by atoms with Crippen LogP contribution in [0, 0.1) is 0 Å². The molecule has 1 fully saturated rings. The van der Waals surface area contributed by atoms with Gasteiger partial charge in [-0.3, -0.25) is 14.4 Å². The topological polar surface area (TPSA) is 63.1 Å². The van der Waals surface area contributed by atoms with Gasteiger partial charge in [-0.25, -0.2) is 4.98 Å². The molecule has 1 unspecified atom stereocenters. The third-order valence-electron chi connectivity index (χ3n) is 4.00. The maximum absolute atomic E-state index is 12.2. The Bertz CT molecular complexity index is 569. The average Bonchev–Trinajstić information content (AvgIpc) is 3.20. The van der Waals surface area contributed by atoms with E-state index >= 15 is 0 Å². The number of carbonyl (C=O) groups is 1. The number of amides is 1. The van der Waals surface area contributed by atoms with E-state index in [0.717, 1.165) is 25.9 Å². The summed E-state index contributed by atoms with van der Waals surface area (Å²) < 4.78 is 1.85. The largest absolute Gasteiger partial charge is 0.350 e. The van der Waals surface area contributed by atoms with Crippen LogP contribution >= 0.6 is 11.3 Å². The molecule has 22 heavy (non-hydrogen) atoms.